The van der Waals surface area contributed by atoms with Crippen molar-refractivity contribution in [2.45, 2.75) is 24.4 Å². The van der Waals surface area contributed by atoms with Crippen LogP contribution in [0.25, 0.3) is 0 Å². The Morgan fingerprint density at radius 3 is 2.36 bits per heavy atom. The predicted octanol–water partition coefficient (Wildman–Crippen LogP) is -3.99. The van der Waals surface area contributed by atoms with Gasteiger partial charge in [-0.3, -0.25) is 0 Å². The van der Waals surface area contributed by atoms with E-state index in [-0.39, 0.29) is 6.61 Å². The van der Waals surface area contributed by atoms with Crippen molar-refractivity contribution < 1.29 is 25.7 Å². The zero-order valence-corrected chi connectivity index (χ0v) is 6.09. The summed E-state index contributed by atoms with van der Waals surface area (Å²) in [6.45, 7) is 0.133. The second-order valence-corrected chi connectivity index (χ2v) is 2.87. The Labute approximate surface area is 64.3 Å². The maximum atomic E-state index is 9.21. The fraction of sp³-hybridized carbons (Fsp3) is 1.00. The summed E-state index contributed by atoms with van der Waals surface area (Å²) < 4.78 is 0. The summed E-state index contributed by atoms with van der Waals surface area (Å²) in [7, 11) is 0. The number of hydrogen-bond donors (Lipinski definition) is 5. The Morgan fingerprint density at radius 1 is 1.18 bits per heavy atom. The smallest absolute Gasteiger partial charge is 0.138 e. The van der Waals surface area contributed by atoms with Crippen LogP contribution in [-0.4, -0.2) is 57.9 Å². The predicted molar refractivity (Wildman–Crippen MR) is 35.7 cm³/mol. The number of nitrogens with two attached hydrogens (primary N) is 1. The van der Waals surface area contributed by atoms with Crippen LogP contribution in [0.2, 0.25) is 0 Å². The second kappa shape index (κ2) is 3.46. The average molecular weight is 164 g/mol. The van der Waals surface area contributed by atoms with Crippen LogP contribution < -0.4 is 5.32 Å². The van der Waals surface area contributed by atoms with Gasteiger partial charge < -0.3 is 25.7 Å². The molecule has 0 aliphatic carbocycles. The Kier molecular flexibility index (Phi) is 2.80. The van der Waals surface area contributed by atoms with E-state index in [2.05, 4.69) is 0 Å². The average Bonchev–Trinajstić information content (AvgIpc) is 2.01. The molecule has 1 saturated heterocycles. The number of rotatable bonds is 1. The van der Waals surface area contributed by atoms with Crippen LogP contribution in [0.4, 0.5) is 0 Å². The standard InChI is InChI=1S/C6H13NO4/c8-2-3-5(10)6(11)4(9)1-7-3/h3-11H,1-2H2/p+1/t3-,4-,5-,6-/m1/s1. The lowest BCUT2D eigenvalue weighted by Crippen LogP contribution is -2.99. The summed E-state index contributed by atoms with van der Waals surface area (Å²) in [5.74, 6) is 0. The lowest BCUT2D eigenvalue weighted by atomic mass is 9.97. The number of hydrogen-bond acceptors (Lipinski definition) is 4. The van der Waals surface area contributed by atoms with Gasteiger partial charge in [-0.2, -0.15) is 0 Å². The maximum Gasteiger partial charge on any atom is 0.138 e. The minimum atomic E-state index is -1.13. The number of aliphatic hydroxyl groups excluding tert-OH is 4. The lowest BCUT2D eigenvalue weighted by molar-refractivity contribution is -0.716. The highest BCUT2D eigenvalue weighted by Gasteiger charge is 2.38. The lowest BCUT2D eigenvalue weighted by Gasteiger charge is -2.31. The number of aliphatic hydroxyl groups is 4. The Hall–Kier alpha value is -0.200. The third-order valence-electron chi connectivity index (χ3n) is 2.07. The normalized spacial score (nSPS) is 45.8. The first-order valence-corrected chi connectivity index (χ1v) is 3.65. The van der Waals surface area contributed by atoms with Crippen LogP contribution in [0, 0.1) is 0 Å². The van der Waals surface area contributed by atoms with E-state index in [1.165, 1.54) is 0 Å². The highest BCUT2D eigenvalue weighted by molar-refractivity contribution is 4.82. The van der Waals surface area contributed by atoms with Gasteiger partial charge in [0.15, 0.2) is 0 Å². The summed E-state index contributed by atoms with van der Waals surface area (Å²) in [6.07, 6.45) is -3.06. The van der Waals surface area contributed by atoms with Gasteiger partial charge in [0.1, 0.15) is 30.9 Å². The topological polar surface area (TPSA) is 97.5 Å². The molecule has 0 bridgehead atoms. The fourth-order valence-corrected chi connectivity index (χ4v) is 1.26. The third-order valence-corrected chi connectivity index (χ3v) is 2.07. The van der Waals surface area contributed by atoms with Gasteiger partial charge in [0, 0.05) is 0 Å². The van der Waals surface area contributed by atoms with Gasteiger partial charge in [-0.05, 0) is 0 Å². The fourth-order valence-electron chi connectivity index (χ4n) is 1.26. The third kappa shape index (κ3) is 1.69. The molecule has 0 spiro atoms. The van der Waals surface area contributed by atoms with E-state index in [1.54, 1.807) is 5.32 Å². The van der Waals surface area contributed by atoms with Crippen molar-refractivity contribution in [3.8, 4) is 0 Å². The number of quaternary nitrogens is 1. The first-order chi connectivity index (χ1) is 5.16. The summed E-state index contributed by atoms with van der Waals surface area (Å²) >= 11 is 0. The maximum absolute atomic E-state index is 9.21. The zero-order valence-electron chi connectivity index (χ0n) is 6.09. The summed E-state index contributed by atoms with van der Waals surface area (Å²) in [4.78, 5) is 0. The first kappa shape index (κ1) is 8.89. The van der Waals surface area contributed by atoms with Crippen molar-refractivity contribution >= 4 is 0 Å². The molecule has 4 atom stereocenters. The zero-order chi connectivity index (χ0) is 8.43. The van der Waals surface area contributed by atoms with Crippen molar-refractivity contribution in [1.82, 2.24) is 0 Å². The molecule has 0 amide bonds. The first-order valence-electron chi connectivity index (χ1n) is 3.65. The van der Waals surface area contributed by atoms with Gasteiger partial charge in [0.05, 0.1) is 6.61 Å². The molecule has 0 aromatic rings. The molecule has 5 nitrogen and oxygen atoms in total. The van der Waals surface area contributed by atoms with E-state index in [0.717, 1.165) is 0 Å². The molecule has 0 saturated carbocycles. The number of piperidine rings is 1. The molecule has 11 heavy (non-hydrogen) atoms. The second-order valence-electron chi connectivity index (χ2n) is 2.87. The van der Waals surface area contributed by atoms with E-state index < -0.39 is 24.4 Å². The molecule has 0 unspecified atom stereocenters. The van der Waals surface area contributed by atoms with Crippen molar-refractivity contribution in [3.63, 3.8) is 0 Å². The molecule has 5 heteroatoms. The van der Waals surface area contributed by atoms with Gasteiger partial charge in [-0.1, -0.05) is 0 Å². The highest BCUT2D eigenvalue weighted by Crippen LogP contribution is 2.04. The van der Waals surface area contributed by atoms with Crippen molar-refractivity contribution in [2.75, 3.05) is 13.2 Å². The van der Waals surface area contributed by atoms with Gasteiger partial charge in [-0.15, -0.1) is 0 Å². The van der Waals surface area contributed by atoms with Gasteiger partial charge in [-0.25, -0.2) is 0 Å². The van der Waals surface area contributed by atoms with Crippen LogP contribution >= 0.6 is 0 Å². The molecule has 0 aromatic heterocycles. The molecule has 66 valence electrons. The molecule has 1 fully saturated rings. The minimum Gasteiger partial charge on any atom is -0.390 e. The van der Waals surface area contributed by atoms with Crippen LogP contribution in [0.5, 0.6) is 0 Å². The van der Waals surface area contributed by atoms with E-state index in [0.29, 0.717) is 6.54 Å². The quantitative estimate of drug-likeness (QED) is 0.273. The van der Waals surface area contributed by atoms with Gasteiger partial charge in [0.25, 0.3) is 0 Å². The van der Waals surface area contributed by atoms with Crippen LogP contribution in [0.3, 0.4) is 0 Å². The highest BCUT2D eigenvalue weighted by atomic mass is 16.4. The molecular formula is C6H14NO4+. The van der Waals surface area contributed by atoms with Gasteiger partial charge >= 0.3 is 0 Å². The van der Waals surface area contributed by atoms with Crippen LogP contribution in [-0.2, 0) is 0 Å². The molecule has 1 aliphatic heterocycles. The molecule has 6 N–H and O–H groups in total. The largest absolute Gasteiger partial charge is 0.390 e. The van der Waals surface area contributed by atoms with E-state index >= 15 is 0 Å². The van der Waals surface area contributed by atoms with E-state index in [1.807, 2.05) is 0 Å². The van der Waals surface area contributed by atoms with Crippen LogP contribution in [0.1, 0.15) is 0 Å². The van der Waals surface area contributed by atoms with Crippen molar-refractivity contribution in [3.05, 3.63) is 0 Å². The molecular weight excluding hydrogens is 150 g/mol. The molecule has 1 aliphatic rings. The summed E-state index contributed by atoms with van der Waals surface area (Å²) in [6, 6.07) is -0.409. The van der Waals surface area contributed by atoms with Crippen molar-refractivity contribution in [2.24, 2.45) is 0 Å². The summed E-state index contributed by atoms with van der Waals surface area (Å²) in [5, 5.41) is 37.7. The molecule has 1 rings (SSSR count). The molecule has 1 heterocycles. The van der Waals surface area contributed by atoms with Gasteiger partial charge in [0.2, 0.25) is 0 Å². The SMILES string of the molecule is OC[C@H]1[NH2+]C[C@@H](O)[C@@H](O)[C@@H]1O. The van der Waals surface area contributed by atoms with E-state index in [4.69, 9.17) is 15.3 Å². The minimum absolute atomic E-state index is 0.190. The Morgan fingerprint density at radius 2 is 1.82 bits per heavy atom. The van der Waals surface area contributed by atoms with Crippen LogP contribution in [0.15, 0.2) is 0 Å². The monoisotopic (exact) mass is 164 g/mol. The Balaban J connectivity index is 2.52. The molecule has 0 aromatic carbocycles. The Bertz CT molecular complexity index is 130. The van der Waals surface area contributed by atoms with E-state index in [9.17, 15) is 5.11 Å². The summed E-state index contributed by atoms with van der Waals surface area (Å²) in [5.41, 5.74) is 0. The van der Waals surface area contributed by atoms with Crippen molar-refractivity contribution in [1.29, 1.82) is 0 Å². The molecule has 0 radical (unpaired) electrons.